The van der Waals surface area contributed by atoms with Crippen LogP contribution in [0.15, 0.2) is 72.8 Å². The monoisotopic (exact) mass is 537 g/mol. The van der Waals surface area contributed by atoms with Gasteiger partial charge in [-0.1, -0.05) is 68.7 Å². The summed E-state index contributed by atoms with van der Waals surface area (Å²) in [5.41, 5.74) is 2.44. The predicted molar refractivity (Wildman–Crippen MR) is 146 cm³/mol. The number of hydroxylamine groups is 2. The van der Waals surface area contributed by atoms with Crippen molar-refractivity contribution >= 4 is 5.97 Å². The molecule has 0 aliphatic heterocycles. The van der Waals surface area contributed by atoms with Crippen molar-refractivity contribution in [2.24, 2.45) is 0 Å². The van der Waals surface area contributed by atoms with Crippen LogP contribution in [0.1, 0.15) is 73.8 Å². The van der Waals surface area contributed by atoms with Crippen LogP contribution in [-0.2, 0) is 28.9 Å². The van der Waals surface area contributed by atoms with E-state index in [1.165, 1.54) is 49.8 Å². The summed E-state index contributed by atoms with van der Waals surface area (Å²) in [5.74, 6) is 6.62. The molecule has 0 radical (unpaired) electrons. The average Bonchev–Trinajstić information content (AvgIpc) is 2.90. The second-order valence-corrected chi connectivity index (χ2v) is 9.31. The van der Waals surface area contributed by atoms with Gasteiger partial charge in [-0.15, -0.1) is 5.06 Å². The predicted octanol–water partition coefficient (Wildman–Crippen LogP) is 7.93. The lowest BCUT2D eigenvalue weighted by atomic mass is 10.1. The van der Waals surface area contributed by atoms with E-state index in [0.717, 1.165) is 47.6 Å². The number of carbonyl (C=O) groups is 1. The molecule has 0 saturated carbocycles. The van der Waals surface area contributed by atoms with Gasteiger partial charge in [-0.3, -0.25) is 4.79 Å². The summed E-state index contributed by atoms with van der Waals surface area (Å²) >= 11 is 0. The summed E-state index contributed by atoms with van der Waals surface area (Å²) in [6.07, 6.45) is 1.61. The quantitative estimate of drug-likeness (QED) is 0.134. The molecule has 0 spiro atoms. The number of rotatable bonds is 12. The summed E-state index contributed by atoms with van der Waals surface area (Å²) < 4.78 is 44.3. The van der Waals surface area contributed by atoms with Crippen LogP contribution >= 0.6 is 0 Å². The van der Waals surface area contributed by atoms with Gasteiger partial charge < -0.3 is 9.57 Å². The van der Waals surface area contributed by atoms with Crippen LogP contribution in [0.2, 0.25) is 0 Å². The minimum atomic E-state index is -4.40. The zero-order valence-corrected chi connectivity index (χ0v) is 22.4. The maximum Gasteiger partial charge on any atom is 0.416 e. The van der Waals surface area contributed by atoms with Gasteiger partial charge in [-0.2, -0.15) is 13.2 Å². The first-order chi connectivity index (χ1) is 18.7. The Bertz CT molecular complexity index is 1230. The van der Waals surface area contributed by atoms with Gasteiger partial charge in [-0.25, -0.2) is 0 Å². The van der Waals surface area contributed by atoms with Crippen molar-refractivity contribution in [3.05, 3.63) is 101 Å². The molecule has 4 nitrogen and oxygen atoms in total. The molecule has 0 unspecified atom stereocenters. The number of hydrogen-bond donors (Lipinski definition) is 0. The van der Waals surface area contributed by atoms with Gasteiger partial charge >= 0.3 is 12.1 Å². The number of carbonyl (C=O) groups excluding carboxylic acids is 1. The van der Waals surface area contributed by atoms with Crippen molar-refractivity contribution < 1.29 is 27.5 Å². The van der Waals surface area contributed by atoms with Crippen molar-refractivity contribution in [1.29, 1.82) is 0 Å². The molecule has 0 saturated heterocycles. The van der Waals surface area contributed by atoms with E-state index in [9.17, 15) is 18.0 Å². The molecule has 3 aromatic carbocycles. The minimum absolute atomic E-state index is 0.151. The van der Waals surface area contributed by atoms with Crippen LogP contribution in [0, 0.1) is 11.8 Å². The first-order valence-electron chi connectivity index (χ1n) is 13.2. The Morgan fingerprint density at radius 2 is 1.28 bits per heavy atom. The summed E-state index contributed by atoms with van der Waals surface area (Å²) in [6, 6.07) is 20.0. The molecule has 0 aliphatic rings. The highest BCUT2D eigenvalue weighted by molar-refractivity contribution is 5.65. The maximum absolute atomic E-state index is 12.8. The molecule has 3 aromatic rings. The lowest BCUT2D eigenvalue weighted by molar-refractivity contribution is -0.194. The number of alkyl halides is 3. The van der Waals surface area contributed by atoms with Crippen LogP contribution in [0.4, 0.5) is 13.2 Å². The molecule has 0 bridgehead atoms. The number of unbranched alkanes of at least 4 members (excludes halogenated alkanes) is 4. The zero-order chi connectivity index (χ0) is 28.1. The van der Waals surface area contributed by atoms with Gasteiger partial charge in [0.05, 0.1) is 25.3 Å². The van der Waals surface area contributed by atoms with E-state index >= 15 is 0 Å². The molecule has 3 rings (SSSR count). The number of nitrogens with zero attached hydrogens (tertiary/aromatic N) is 1. The van der Waals surface area contributed by atoms with Crippen molar-refractivity contribution in [2.75, 3.05) is 6.61 Å². The highest BCUT2D eigenvalue weighted by Crippen LogP contribution is 2.29. The lowest BCUT2D eigenvalue weighted by Gasteiger charge is -2.21. The fourth-order valence-electron chi connectivity index (χ4n) is 3.88. The molecule has 206 valence electrons. The largest absolute Gasteiger partial charge is 0.494 e. The van der Waals surface area contributed by atoms with Crippen LogP contribution in [0.3, 0.4) is 0 Å². The van der Waals surface area contributed by atoms with E-state index in [0.29, 0.717) is 5.56 Å². The molecule has 0 fully saturated rings. The van der Waals surface area contributed by atoms with E-state index < -0.39 is 17.7 Å². The Balaban J connectivity index is 1.54. The summed E-state index contributed by atoms with van der Waals surface area (Å²) in [4.78, 5) is 16.9. The van der Waals surface area contributed by atoms with Crippen molar-refractivity contribution in [1.82, 2.24) is 5.06 Å². The van der Waals surface area contributed by atoms with Crippen LogP contribution in [-0.4, -0.2) is 17.6 Å². The highest BCUT2D eigenvalue weighted by Gasteiger charge is 2.30. The van der Waals surface area contributed by atoms with E-state index in [1.54, 1.807) is 0 Å². The van der Waals surface area contributed by atoms with Crippen LogP contribution in [0.5, 0.6) is 5.75 Å². The first-order valence-corrected chi connectivity index (χ1v) is 13.2. The average molecular weight is 538 g/mol. The Morgan fingerprint density at radius 3 is 1.79 bits per heavy atom. The van der Waals surface area contributed by atoms with Gasteiger partial charge in [0.25, 0.3) is 0 Å². The lowest BCUT2D eigenvalue weighted by Crippen LogP contribution is -2.25. The summed E-state index contributed by atoms with van der Waals surface area (Å²) in [7, 11) is 0. The number of halogens is 3. The van der Waals surface area contributed by atoms with Gasteiger partial charge in [0, 0.05) is 18.1 Å². The number of ether oxygens (including phenoxy) is 1. The Labute approximate surface area is 228 Å². The van der Waals surface area contributed by atoms with Gasteiger partial charge in [0.1, 0.15) is 5.75 Å². The molecular weight excluding hydrogens is 503 g/mol. The second kappa shape index (κ2) is 15.0. The second-order valence-electron chi connectivity index (χ2n) is 9.31. The molecule has 0 amide bonds. The molecule has 39 heavy (non-hydrogen) atoms. The zero-order valence-electron chi connectivity index (χ0n) is 22.4. The molecule has 7 heteroatoms. The number of benzene rings is 3. The van der Waals surface area contributed by atoms with Gasteiger partial charge in [0.2, 0.25) is 0 Å². The molecule has 0 heterocycles. The number of hydrogen-bond acceptors (Lipinski definition) is 4. The molecular formula is C32H34F3NO3. The normalized spacial score (nSPS) is 11.1. The Hall–Kier alpha value is -3.76. The van der Waals surface area contributed by atoms with E-state index in [2.05, 4.69) is 18.8 Å². The Kier molecular flexibility index (Phi) is 11.4. The summed E-state index contributed by atoms with van der Waals surface area (Å²) in [6.45, 7) is 4.63. The van der Waals surface area contributed by atoms with Crippen LogP contribution in [0.25, 0.3) is 0 Å². The van der Waals surface area contributed by atoms with E-state index in [1.807, 2.05) is 48.5 Å². The van der Waals surface area contributed by atoms with E-state index in [-0.39, 0.29) is 13.1 Å². The molecule has 0 aliphatic carbocycles. The molecule has 0 atom stereocenters. The fourth-order valence-corrected chi connectivity index (χ4v) is 3.88. The van der Waals surface area contributed by atoms with Gasteiger partial charge in [0.15, 0.2) is 0 Å². The van der Waals surface area contributed by atoms with Crippen LogP contribution < -0.4 is 4.74 Å². The van der Waals surface area contributed by atoms with Gasteiger partial charge in [-0.05, 0) is 66.1 Å². The topological polar surface area (TPSA) is 38.8 Å². The highest BCUT2D eigenvalue weighted by atomic mass is 19.4. The van der Waals surface area contributed by atoms with Crippen molar-refractivity contribution in [3.8, 4) is 17.6 Å². The van der Waals surface area contributed by atoms with Crippen molar-refractivity contribution in [3.63, 3.8) is 0 Å². The third-order valence-electron chi connectivity index (χ3n) is 5.93. The third-order valence-corrected chi connectivity index (χ3v) is 5.93. The van der Waals surface area contributed by atoms with E-state index in [4.69, 9.17) is 9.57 Å². The SMILES string of the molecule is CCCCCCCOc1ccc(C#Cc2ccc(CN(Cc3ccc(C(F)(F)F)cc3)OC(C)=O)cc2)cc1. The smallest absolute Gasteiger partial charge is 0.416 e. The molecule has 0 aromatic heterocycles. The Morgan fingerprint density at radius 1 is 0.769 bits per heavy atom. The first kappa shape index (κ1) is 29.8. The minimum Gasteiger partial charge on any atom is -0.494 e. The third kappa shape index (κ3) is 10.9. The summed E-state index contributed by atoms with van der Waals surface area (Å²) in [5, 5.41) is 1.42. The maximum atomic E-state index is 12.8. The fraction of sp³-hybridized carbons (Fsp3) is 0.344. The molecule has 0 N–H and O–H groups in total. The standard InChI is InChI=1S/C32H34F3NO3/c1-3-4-5-6-7-22-38-31-20-16-27(17-21-31)9-8-26-10-12-28(13-11-26)23-36(39-25(2)37)24-29-14-18-30(19-15-29)32(33,34)35/h10-21H,3-7,22-24H2,1-2H3. The van der Waals surface area contributed by atoms with Crippen molar-refractivity contribution in [2.45, 2.75) is 65.2 Å².